The van der Waals surface area contributed by atoms with Gasteiger partial charge in [-0.1, -0.05) is 54.6 Å². The smallest absolute Gasteiger partial charge is 0.338 e. The van der Waals surface area contributed by atoms with Gasteiger partial charge >= 0.3 is 17.9 Å². The minimum Gasteiger partial charge on any atom is -0.452 e. The van der Waals surface area contributed by atoms with Crippen LogP contribution in [0.15, 0.2) is 91.0 Å². The van der Waals surface area contributed by atoms with Gasteiger partial charge in [0.25, 0.3) is 0 Å². The van der Waals surface area contributed by atoms with E-state index in [0.29, 0.717) is 0 Å². The molecule has 0 radical (unpaired) electrons. The SMILES string of the molecule is O=C(O[C@@H]1[C@H](OC(=O)c2ccccc2)[C@@H](O)O[C@H](CO)[C@H]1OC(=O)c1ccccc1)c1ccccc1. The topological polar surface area (TPSA) is 129 Å². The van der Waals surface area contributed by atoms with Gasteiger partial charge in [0, 0.05) is 0 Å². The highest BCUT2D eigenvalue weighted by molar-refractivity contribution is 5.91. The van der Waals surface area contributed by atoms with Crippen LogP contribution in [-0.4, -0.2) is 65.4 Å². The molecule has 0 aromatic heterocycles. The van der Waals surface area contributed by atoms with E-state index in [4.69, 9.17) is 18.9 Å². The number of ether oxygens (including phenoxy) is 4. The summed E-state index contributed by atoms with van der Waals surface area (Å²) in [6.07, 6.45) is -7.53. The third-order valence-corrected chi connectivity index (χ3v) is 5.55. The standard InChI is InChI=1S/C27H24O9/c28-16-20-21(34-24(29)17-10-4-1-5-11-17)22(35-25(30)18-12-6-2-7-13-18)23(27(32)33-20)36-26(31)19-14-8-3-9-15-19/h1-15,20-23,27-28,32H,16H2/t20-,21-,22+,23+,27+/m1/s1. The van der Waals surface area contributed by atoms with Crippen molar-refractivity contribution < 1.29 is 43.5 Å². The molecule has 0 spiro atoms. The summed E-state index contributed by atoms with van der Waals surface area (Å²) < 4.78 is 22.1. The fourth-order valence-electron chi connectivity index (χ4n) is 3.74. The molecule has 0 unspecified atom stereocenters. The summed E-state index contributed by atoms with van der Waals surface area (Å²) in [5, 5.41) is 20.5. The number of hydrogen-bond donors (Lipinski definition) is 2. The van der Waals surface area contributed by atoms with Crippen molar-refractivity contribution in [2.75, 3.05) is 6.61 Å². The monoisotopic (exact) mass is 492 g/mol. The van der Waals surface area contributed by atoms with Crippen molar-refractivity contribution in [2.45, 2.75) is 30.7 Å². The third-order valence-electron chi connectivity index (χ3n) is 5.55. The van der Waals surface area contributed by atoms with Crippen LogP contribution in [0.4, 0.5) is 0 Å². The molecule has 3 aromatic carbocycles. The van der Waals surface area contributed by atoms with E-state index >= 15 is 0 Å². The number of aliphatic hydroxyl groups excluding tert-OH is 2. The summed E-state index contributed by atoms with van der Waals surface area (Å²) in [4.78, 5) is 38.5. The molecule has 3 aromatic rings. The minimum atomic E-state index is -1.78. The number of hydrogen-bond acceptors (Lipinski definition) is 9. The molecule has 2 N–H and O–H groups in total. The zero-order valence-electron chi connectivity index (χ0n) is 19.0. The van der Waals surface area contributed by atoms with E-state index in [2.05, 4.69) is 0 Å². The van der Waals surface area contributed by atoms with Crippen molar-refractivity contribution in [3.8, 4) is 0 Å². The zero-order chi connectivity index (χ0) is 25.5. The molecule has 186 valence electrons. The van der Waals surface area contributed by atoms with E-state index < -0.39 is 55.2 Å². The molecular formula is C27H24O9. The number of aliphatic hydroxyl groups is 2. The highest BCUT2D eigenvalue weighted by atomic mass is 16.7. The van der Waals surface area contributed by atoms with Crippen molar-refractivity contribution >= 4 is 17.9 Å². The van der Waals surface area contributed by atoms with E-state index in [-0.39, 0.29) is 16.7 Å². The quantitative estimate of drug-likeness (QED) is 0.377. The van der Waals surface area contributed by atoms with Crippen LogP contribution in [0.5, 0.6) is 0 Å². The van der Waals surface area contributed by atoms with Gasteiger partial charge in [-0.3, -0.25) is 0 Å². The molecule has 0 aliphatic carbocycles. The lowest BCUT2D eigenvalue weighted by atomic mass is 9.98. The lowest BCUT2D eigenvalue weighted by Gasteiger charge is -2.42. The third kappa shape index (κ3) is 5.77. The van der Waals surface area contributed by atoms with E-state index in [1.165, 1.54) is 36.4 Å². The molecule has 1 aliphatic rings. The predicted molar refractivity (Wildman–Crippen MR) is 125 cm³/mol. The fraction of sp³-hybridized carbons (Fsp3) is 0.222. The lowest BCUT2D eigenvalue weighted by Crippen LogP contribution is -2.62. The first kappa shape index (κ1) is 25.1. The Morgan fingerprint density at radius 3 is 1.36 bits per heavy atom. The van der Waals surface area contributed by atoms with E-state index in [9.17, 15) is 24.6 Å². The van der Waals surface area contributed by atoms with Gasteiger partial charge < -0.3 is 29.2 Å². The number of esters is 3. The van der Waals surface area contributed by atoms with Gasteiger partial charge in [0.15, 0.2) is 24.6 Å². The summed E-state index contributed by atoms with van der Waals surface area (Å²) >= 11 is 0. The molecule has 36 heavy (non-hydrogen) atoms. The minimum absolute atomic E-state index is 0.181. The Morgan fingerprint density at radius 2 is 0.972 bits per heavy atom. The van der Waals surface area contributed by atoms with Crippen molar-refractivity contribution in [2.24, 2.45) is 0 Å². The molecular weight excluding hydrogens is 468 g/mol. The average molecular weight is 492 g/mol. The van der Waals surface area contributed by atoms with Gasteiger partial charge in [-0.25, -0.2) is 14.4 Å². The van der Waals surface area contributed by atoms with Crippen LogP contribution >= 0.6 is 0 Å². The van der Waals surface area contributed by atoms with Crippen LogP contribution in [0, 0.1) is 0 Å². The highest BCUT2D eigenvalue weighted by Gasteiger charge is 2.52. The van der Waals surface area contributed by atoms with Crippen molar-refractivity contribution in [3.05, 3.63) is 108 Å². The summed E-state index contributed by atoms with van der Waals surface area (Å²) in [5.41, 5.74) is 0.562. The van der Waals surface area contributed by atoms with Gasteiger partial charge in [-0.05, 0) is 36.4 Å². The first-order chi connectivity index (χ1) is 17.5. The Balaban J connectivity index is 1.66. The summed E-state index contributed by atoms with van der Waals surface area (Å²) in [6.45, 7) is -0.678. The van der Waals surface area contributed by atoms with E-state index in [0.717, 1.165) is 0 Å². The Bertz CT molecular complexity index is 1170. The van der Waals surface area contributed by atoms with Gasteiger partial charge in [0.05, 0.1) is 23.3 Å². The molecule has 5 atom stereocenters. The summed E-state index contributed by atoms with van der Waals surface area (Å²) in [6, 6.07) is 24.0. The van der Waals surface area contributed by atoms with Crippen LogP contribution < -0.4 is 0 Å². The van der Waals surface area contributed by atoms with Crippen molar-refractivity contribution in [1.29, 1.82) is 0 Å². The molecule has 1 aliphatic heterocycles. The van der Waals surface area contributed by atoms with Crippen LogP contribution in [0.1, 0.15) is 31.1 Å². The molecule has 9 nitrogen and oxygen atoms in total. The van der Waals surface area contributed by atoms with Crippen LogP contribution in [0.2, 0.25) is 0 Å². The fourth-order valence-corrected chi connectivity index (χ4v) is 3.74. The molecule has 0 bridgehead atoms. The van der Waals surface area contributed by atoms with Crippen LogP contribution in [0.3, 0.4) is 0 Å². The average Bonchev–Trinajstić information content (AvgIpc) is 2.93. The zero-order valence-corrected chi connectivity index (χ0v) is 19.0. The predicted octanol–water partition coefficient (Wildman–Crippen LogP) is 2.37. The Morgan fingerprint density at radius 1 is 0.611 bits per heavy atom. The van der Waals surface area contributed by atoms with Crippen molar-refractivity contribution in [3.63, 3.8) is 0 Å². The maximum absolute atomic E-state index is 12.9. The van der Waals surface area contributed by atoms with Gasteiger partial charge in [0.1, 0.15) is 6.10 Å². The molecule has 0 saturated carbocycles. The van der Waals surface area contributed by atoms with Crippen LogP contribution in [0.25, 0.3) is 0 Å². The molecule has 4 rings (SSSR count). The molecule has 0 amide bonds. The second-order valence-corrected chi connectivity index (χ2v) is 7.96. The number of benzene rings is 3. The van der Waals surface area contributed by atoms with E-state index in [1.54, 1.807) is 54.6 Å². The molecule has 1 saturated heterocycles. The van der Waals surface area contributed by atoms with Crippen LogP contribution in [-0.2, 0) is 18.9 Å². The molecule has 9 heteroatoms. The number of carbonyl (C=O) groups is 3. The maximum atomic E-state index is 12.9. The van der Waals surface area contributed by atoms with Crippen molar-refractivity contribution in [1.82, 2.24) is 0 Å². The molecule has 1 fully saturated rings. The second-order valence-electron chi connectivity index (χ2n) is 7.96. The Labute approximate surface area is 206 Å². The van der Waals surface area contributed by atoms with Gasteiger partial charge in [0.2, 0.25) is 0 Å². The highest BCUT2D eigenvalue weighted by Crippen LogP contribution is 2.29. The van der Waals surface area contributed by atoms with E-state index in [1.807, 2.05) is 0 Å². The van der Waals surface area contributed by atoms with Gasteiger partial charge in [-0.15, -0.1) is 0 Å². The normalized spacial score (nSPS) is 23.3. The first-order valence-corrected chi connectivity index (χ1v) is 11.2. The van der Waals surface area contributed by atoms with Gasteiger partial charge in [-0.2, -0.15) is 0 Å². The Hall–Kier alpha value is -4.05. The largest absolute Gasteiger partial charge is 0.452 e. The number of rotatable bonds is 7. The first-order valence-electron chi connectivity index (χ1n) is 11.2. The number of carbonyl (C=O) groups excluding carboxylic acids is 3. The summed E-state index contributed by atoms with van der Waals surface area (Å²) in [7, 11) is 0. The molecule has 1 heterocycles. The summed E-state index contributed by atoms with van der Waals surface area (Å²) in [5.74, 6) is -2.42. The maximum Gasteiger partial charge on any atom is 0.338 e. The second kappa shape index (κ2) is 11.6. The lowest BCUT2D eigenvalue weighted by molar-refractivity contribution is -0.284. The Kier molecular flexibility index (Phi) is 8.06.